The van der Waals surface area contributed by atoms with Crippen LogP contribution in [0.4, 0.5) is 8.78 Å². The third-order valence-corrected chi connectivity index (χ3v) is 5.56. The molecule has 142 valence electrons. The van der Waals surface area contributed by atoms with Gasteiger partial charge in [-0.15, -0.1) is 0 Å². The molecule has 26 heavy (non-hydrogen) atoms. The Morgan fingerprint density at radius 1 is 1.23 bits per heavy atom. The van der Waals surface area contributed by atoms with Crippen molar-refractivity contribution in [2.45, 2.75) is 31.9 Å². The molecule has 0 aliphatic carbocycles. The van der Waals surface area contributed by atoms with Crippen molar-refractivity contribution in [3.05, 3.63) is 29.8 Å². The fraction of sp³-hybridized carbons (Fsp3) is 0.556. The van der Waals surface area contributed by atoms with E-state index in [9.17, 15) is 23.5 Å². The maximum atomic E-state index is 12.8. The van der Waals surface area contributed by atoms with E-state index in [0.717, 1.165) is 13.0 Å². The summed E-state index contributed by atoms with van der Waals surface area (Å²) in [5.74, 6) is -1.03. The average Bonchev–Trinajstić information content (AvgIpc) is 2.61. The van der Waals surface area contributed by atoms with Crippen molar-refractivity contribution < 1.29 is 28.2 Å². The van der Waals surface area contributed by atoms with Crippen molar-refractivity contribution >= 4 is 11.9 Å². The molecule has 2 aliphatic heterocycles. The lowest BCUT2D eigenvalue weighted by Gasteiger charge is -2.51. The fourth-order valence-corrected chi connectivity index (χ4v) is 4.13. The summed E-state index contributed by atoms with van der Waals surface area (Å²) in [7, 11) is 1.89. The summed E-state index contributed by atoms with van der Waals surface area (Å²) in [6, 6.07) is 5.33. The molecule has 1 aromatic rings. The number of hydrogen-bond acceptors (Lipinski definition) is 4. The van der Waals surface area contributed by atoms with Gasteiger partial charge in [0, 0.05) is 24.7 Å². The van der Waals surface area contributed by atoms with Gasteiger partial charge in [-0.3, -0.25) is 9.59 Å². The summed E-state index contributed by atoms with van der Waals surface area (Å²) in [5, 5.41) is 9.78. The van der Waals surface area contributed by atoms with E-state index in [1.165, 1.54) is 24.3 Å². The molecule has 2 atom stereocenters. The van der Waals surface area contributed by atoms with Gasteiger partial charge in [-0.1, -0.05) is 0 Å². The molecular weight excluding hydrogens is 346 g/mol. The first-order valence-corrected chi connectivity index (χ1v) is 8.61. The number of aliphatic carboxylic acids is 1. The molecule has 0 radical (unpaired) electrons. The summed E-state index contributed by atoms with van der Waals surface area (Å²) >= 11 is 0. The lowest BCUT2D eigenvalue weighted by Crippen LogP contribution is -2.63. The predicted molar refractivity (Wildman–Crippen MR) is 89.3 cm³/mol. The first-order chi connectivity index (χ1) is 12.3. The van der Waals surface area contributed by atoms with Gasteiger partial charge in [0.1, 0.15) is 5.75 Å². The Morgan fingerprint density at radius 2 is 1.92 bits per heavy atom. The number of carboxylic acid groups (broad SMARTS) is 1. The highest BCUT2D eigenvalue weighted by atomic mass is 19.3. The highest BCUT2D eigenvalue weighted by molar-refractivity contribution is 5.94. The molecule has 3 rings (SSSR count). The van der Waals surface area contributed by atoms with Gasteiger partial charge in [0.25, 0.3) is 5.91 Å². The number of halogens is 2. The number of likely N-dealkylation sites (tertiary alicyclic amines) is 2. The number of hydrogen-bond donors (Lipinski definition) is 1. The van der Waals surface area contributed by atoms with Crippen LogP contribution in [0.1, 0.15) is 29.6 Å². The second-order valence-electron chi connectivity index (χ2n) is 6.97. The average molecular weight is 368 g/mol. The van der Waals surface area contributed by atoms with Crippen LogP contribution in [0.3, 0.4) is 0 Å². The number of rotatable bonds is 4. The minimum Gasteiger partial charge on any atom is -0.481 e. The van der Waals surface area contributed by atoms with Crippen molar-refractivity contribution in [2.75, 3.05) is 26.7 Å². The lowest BCUT2D eigenvalue weighted by molar-refractivity contribution is -0.161. The van der Waals surface area contributed by atoms with E-state index >= 15 is 0 Å². The van der Waals surface area contributed by atoms with Gasteiger partial charge in [0.15, 0.2) is 0 Å². The Morgan fingerprint density at radius 3 is 2.54 bits per heavy atom. The van der Waals surface area contributed by atoms with Gasteiger partial charge < -0.3 is 19.6 Å². The Balaban J connectivity index is 1.74. The van der Waals surface area contributed by atoms with Crippen molar-refractivity contribution in [3.63, 3.8) is 0 Å². The number of amides is 1. The number of piperidine rings is 2. The van der Waals surface area contributed by atoms with Gasteiger partial charge in [-0.25, -0.2) is 0 Å². The van der Waals surface area contributed by atoms with E-state index in [4.69, 9.17) is 0 Å². The first kappa shape index (κ1) is 18.6. The number of benzene rings is 1. The molecule has 2 saturated heterocycles. The molecule has 1 amide bonds. The molecule has 0 aromatic heterocycles. The van der Waals surface area contributed by atoms with Crippen LogP contribution in [0, 0.1) is 5.41 Å². The maximum Gasteiger partial charge on any atom is 0.387 e. The number of carbonyl (C=O) groups excluding carboxylic acids is 1. The molecule has 0 spiro atoms. The highest BCUT2D eigenvalue weighted by Gasteiger charge is 2.52. The predicted octanol–water partition coefficient (Wildman–Crippen LogP) is 2.30. The van der Waals surface area contributed by atoms with E-state index in [0.29, 0.717) is 31.5 Å². The monoisotopic (exact) mass is 368 g/mol. The number of fused-ring (bicyclic) bond motifs is 1. The number of carboxylic acids is 1. The molecular formula is C18H22F2N2O4. The third kappa shape index (κ3) is 3.38. The zero-order valence-electron chi connectivity index (χ0n) is 14.5. The summed E-state index contributed by atoms with van der Waals surface area (Å²) in [5.41, 5.74) is -0.438. The van der Waals surface area contributed by atoms with Crippen LogP contribution in [0.2, 0.25) is 0 Å². The minimum atomic E-state index is -2.91. The summed E-state index contributed by atoms with van der Waals surface area (Å²) in [6.45, 7) is -1.40. The molecule has 6 nitrogen and oxygen atoms in total. The summed E-state index contributed by atoms with van der Waals surface area (Å²) in [4.78, 5) is 28.4. The second-order valence-corrected chi connectivity index (χ2v) is 6.97. The van der Waals surface area contributed by atoms with Crippen LogP contribution in [0.15, 0.2) is 24.3 Å². The Kier molecular flexibility index (Phi) is 5.13. The van der Waals surface area contributed by atoms with Crippen LogP contribution < -0.4 is 4.74 Å². The van der Waals surface area contributed by atoms with Crippen LogP contribution >= 0.6 is 0 Å². The Labute approximate surface area is 150 Å². The van der Waals surface area contributed by atoms with Gasteiger partial charge in [-0.05, 0) is 57.1 Å². The van der Waals surface area contributed by atoms with Crippen molar-refractivity contribution in [3.8, 4) is 5.75 Å². The number of carbonyl (C=O) groups is 2. The van der Waals surface area contributed by atoms with E-state index in [1.54, 1.807) is 4.90 Å². The fourth-order valence-electron chi connectivity index (χ4n) is 4.13. The molecule has 2 heterocycles. The Bertz CT molecular complexity index is 682. The van der Waals surface area contributed by atoms with Crippen LogP contribution in [0.25, 0.3) is 0 Å². The van der Waals surface area contributed by atoms with Gasteiger partial charge in [-0.2, -0.15) is 8.78 Å². The topological polar surface area (TPSA) is 70.1 Å². The molecule has 0 saturated carbocycles. The number of nitrogens with zero attached hydrogens (tertiary/aromatic N) is 2. The quantitative estimate of drug-likeness (QED) is 0.883. The van der Waals surface area contributed by atoms with Crippen molar-refractivity contribution in [2.24, 2.45) is 5.41 Å². The van der Waals surface area contributed by atoms with E-state index in [1.807, 2.05) is 11.9 Å². The third-order valence-electron chi connectivity index (χ3n) is 5.56. The van der Waals surface area contributed by atoms with Gasteiger partial charge >= 0.3 is 12.6 Å². The Hall–Kier alpha value is -2.22. The van der Waals surface area contributed by atoms with E-state index in [-0.39, 0.29) is 17.7 Å². The number of alkyl halides is 2. The normalized spacial score (nSPS) is 26.5. The van der Waals surface area contributed by atoms with Crippen LogP contribution in [-0.2, 0) is 4.79 Å². The highest BCUT2D eigenvalue weighted by Crippen LogP contribution is 2.42. The molecule has 2 aliphatic rings. The summed E-state index contributed by atoms with van der Waals surface area (Å²) < 4.78 is 28.7. The van der Waals surface area contributed by atoms with E-state index in [2.05, 4.69) is 4.74 Å². The SMILES string of the molecule is CN1CCC[C@]2(C(=O)O)CCN(C(=O)c3ccc(OC(F)F)cc3)C[C@H]12. The number of likely N-dealkylation sites (N-methyl/N-ethyl adjacent to an activating group) is 1. The van der Waals surface area contributed by atoms with Gasteiger partial charge in [0.05, 0.1) is 5.41 Å². The molecule has 0 unspecified atom stereocenters. The summed E-state index contributed by atoms with van der Waals surface area (Å²) in [6.07, 6.45) is 1.87. The second kappa shape index (κ2) is 7.19. The largest absolute Gasteiger partial charge is 0.481 e. The van der Waals surface area contributed by atoms with E-state index < -0.39 is 18.0 Å². The van der Waals surface area contributed by atoms with Crippen LogP contribution in [0.5, 0.6) is 5.75 Å². The molecule has 2 fully saturated rings. The maximum absolute atomic E-state index is 12.8. The smallest absolute Gasteiger partial charge is 0.387 e. The van der Waals surface area contributed by atoms with Crippen molar-refractivity contribution in [1.29, 1.82) is 0 Å². The van der Waals surface area contributed by atoms with Crippen LogP contribution in [-0.4, -0.2) is 66.1 Å². The molecule has 0 bridgehead atoms. The van der Waals surface area contributed by atoms with Crippen molar-refractivity contribution in [1.82, 2.24) is 9.80 Å². The minimum absolute atomic E-state index is 0.00731. The standard InChI is InChI=1S/C18H22F2N2O4/c1-21-9-2-7-18(16(24)25)8-10-22(11-14(18)21)15(23)12-3-5-13(6-4-12)26-17(19)20/h3-6,14,17H,2,7-11H2,1H3,(H,24,25)/t14-,18-/m0/s1. The zero-order valence-corrected chi connectivity index (χ0v) is 14.5. The molecule has 1 N–H and O–H groups in total. The lowest BCUT2D eigenvalue weighted by atomic mass is 9.68. The zero-order chi connectivity index (χ0) is 18.9. The first-order valence-electron chi connectivity index (χ1n) is 8.61. The molecule has 1 aromatic carbocycles. The molecule has 8 heteroatoms. The number of ether oxygens (including phenoxy) is 1. The van der Waals surface area contributed by atoms with Gasteiger partial charge in [0.2, 0.25) is 0 Å².